The number of furan rings is 1. The van der Waals surface area contributed by atoms with Crippen LogP contribution in [0.15, 0.2) is 58.0 Å². The zero-order valence-electron chi connectivity index (χ0n) is 15.3. The van der Waals surface area contributed by atoms with Crippen LogP contribution in [-0.2, 0) is 21.4 Å². The summed E-state index contributed by atoms with van der Waals surface area (Å²) in [6, 6.07) is 10.6. The highest BCUT2D eigenvalue weighted by molar-refractivity contribution is 7.89. The number of nitrogens with zero attached hydrogens (tertiary/aromatic N) is 1. The summed E-state index contributed by atoms with van der Waals surface area (Å²) in [5.74, 6) is -0.827. The lowest BCUT2D eigenvalue weighted by Crippen LogP contribution is -2.45. The number of sulfonamides is 1. The van der Waals surface area contributed by atoms with Crippen LogP contribution in [0.2, 0.25) is 0 Å². The molecule has 1 atom stereocenters. The maximum absolute atomic E-state index is 13.4. The first-order chi connectivity index (χ1) is 13.8. The number of benzene rings is 2. The summed E-state index contributed by atoms with van der Waals surface area (Å²) in [6.45, 7) is 0.361. The van der Waals surface area contributed by atoms with Crippen molar-refractivity contribution in [2.45, 2.75) is 30.5 Å². The van der Waals surface area contributed by atoms with E-state index >= 15 is 0 Å². The highest BCUT2D eigenvalue weighted by atomic mass is 32.2. The van der Waals surface area contributed by atoms with Crippen molar-refractivity contribution in [1.82, 2.24) is 9.62 Å². The molecule has 1 saturated heterocycles. The van der Waals surface area contributed by atoms with Crippen LogP contribution in [0.4, 0.5) is 4.39 Å². The number of halogens is 1. The summed E-state index contributed by atoms with van der Waals surface area (Å²) >= 11 is 0. The molecule has 2 N–H and O–H groups in total. The molecule has 0 radical (unpaired) electrons. The van der Waals surface area contributed by atoms with Gasteiger partial charge in [0.15, 0.2) is 0 Å². The Kier molecular flexibility index (Phi) is 5.01. The van der Waals surface area contributed by atoms with Gasteiger partial charge in [-0.3, -0.25) is 4.79 Å². The van der Waals surface area contributed by atoms with Crippen LogP contribution in [0.5, 0.6) is 5.75 Å². The first-order valence-electron chi connectivity index (χ1n) is 9.11. The molecule has 2 heterocycles. The number of amides is 1. The molecule has 1 amide bonds. The number of carbonyl (C=O) groups excluding carboxylic acids is 1. The lowest BCUT2D eigenvalue weighted by Gasteiger charge is -2.22. The Hall–Kier alpha value is -2.91. The Morgan fingerprint density at radius 3 is 2.86 bits per heavy atom. The Morgan fingerprint density at radius 2 is 2.07 bits per heavy atom. The summed E-state index contributed by atoms with van der Waals surface area (Å²) in [5.41, 5.74) is 0.958. The fourth-order valence-electron chi connectivity index (χ4n) is 3.50. The van der Waals surface area contributed by atoms with Crippen LogP contribution in [0.25, 0.3) is 11.0 Å². The monoisotopic (exact) mass is 418 g/mol. The van der Waals surface area contributed by atoms with Crippen LogP contribution in [-0.4, -0.2) is 36.3 Å². The fourth-order valence-corrected chi connectivity index (χ4v) is 5.10. The largest absolute Gasteiger partial charge is 0.508 e. The summed E-state index contributed by atoms with van der Waals surface area (Å²) in [7, 11) is -4.05. The van der Waals surface area contributed by atoms with Crippen molar-refractivity contribution in [3.8, 4) is 5.75 Å². The van der Waals surface area contributed by atoms with Crippen molar-refractivity contribution in [2.75, 3.05) is 6.54 Å². The Bertz CT molecular complexity index is 1170. The fraction of sp³-hybridized carbons (Fsp3) is 0.250. The van der Waals surface area contributed by atoms with Gasteiger partial charge in [-0.1, -0.05) is 12.1 Å². The minimum absolute atomic E-state index is 0.0862. The normalized spacial score (nSPS) is 17.6. The number of phenols is 1. The first-order valence-corrected chi connectivity index (χ1v) is 10.6. The smallest absolute Gasteiger partial charge is 0.277 e. The highest BCUT2D eigenvalue weighted by Crippen LogP contribution is 2.30. The molecule has 0 bridgehead atoms. The molecule has 0 spiro atoms. The Labute approximate surface area is 166 Å². The van der Waals surface area contributed by atoms with E-state index in [1.54, 1.807) is 12.1 Å². The summed E-state index contributed by atoms with van der Waals surface area (Å²) in [4.78, 5) is 12.6. The first kappa shape index (κ1) is 19.4. The SMILES string of the molecule is O=C(NCc1cccc(O)c1)[C@@H]1CCCN1S(=O)(=O)c1cc2cc(F)ccc2o1. The molecule has 9 heteroatoms. The molecule has 0 unspecified atom stereocenters. The minimum atomic E-state index is -4.05. The van der Waals surface area contributed by atoms with Gasteiger partial charge in [0, 0.05) is 24.5 Å². The minimum Gasteiger partial charge on any atom is -0.508 e. The van der Waals surface area contributed by atoms with Crippen LogP contribution >= 0.6 is 0 Å². The average molecular weight is 418 g/mol. The molecule has 0 aliphatic carbocycles. The van der Waals surface area contributed by atoms with Gasteiger partial charge >= 0.3 is 0 Å². The zero-order chi connectivity index (χ0) is 20.6. The number of hydrogen-bond donors (Lipinski definition) is 2. The number of phenolic OH excluding ortho intramolecular Hbond substituents is 1. The van der Waals surface area contributed by atoms with Crippen molar-refractivity contribution >= 4 is 26.9 Å². The number of rotatable bonds is 5. The topological polar surface area (TPSA) is 99.9 Å². The lowest BCUT2D eigenvalue weighted by atomic mass is 10.2. The maximum Gasteiger partial charge on any atom is 0.277 e. The molecule has 4 rings (SSSR count). The highest BCUT2D eigenvalue weighted by Gasteiger charge is 2.41. The molecule has 1 aliphatic rings. The van der Waals surface area contributed by atoms with E-state index in [4.69, 9.17) is 4.42 Å². The van der Waals surface area contributed by atoms with E-state index < -0.39 is 27.8 Å². The quantitative estimate of drug-likeness (QED) is 0.664. The van der Waals surface area contributed by atoms with E-state index in [-0.39, 0.29) is 29.5 Å². The third-order valence-corrected chi connectivity index (χ3v) is 6.67. The Balaban J connectivity index is 1.53. The number of fused-ring (bicyclic) bond motifs is 1. The van der Waals surface area contributed by atoms with E-state index in [0.717, 1.165) is 4.31 Å². The predicted octanol–water partition coefficient (Wildman–Crippen LogP) is 2.75. The van der Waals surface area contributed by atoms with Crippen molar-refractivity contribution in [1.29, 1.82) is 0 Å². The van der Waals surface area contributed by atoms with E-state index in [9.17, 15) is 22.7 Å². The van der Waals surface area contributed by atoms with Crippen LogP contribution in [0.3, 0.4) is 0 Å². The van der Waals surface area contributed by atoms with E-state index in [1.165, 1.54) is 36.4 Å². The third-order valence-electron chi connectivity index (χ3n) is 4.90. The zero-order valence-corrected chi connectivity index (χ0v) is 16.2. The third kappa shape index (κ3) is 3.83. The molecule has 1 fully saturated rings. The molecule has 2 aromatic carbocycles. The van der Waals surface area contributed by atoms with E-state index in [2.05, 4.69) is 5.32 Å². The van der Waals surface area contributed by atoms with E-state index in [1.807, 2.05) is 0 Å². The molecule has 7 nitrogen and oxygen atoms in total. The van der Waals surface area contributed by atoms with Crippen molar-refractivity contribution in [3.63, 3.8) is 0 Å². The van der Waals surface area contributed by atoms with Gasteiger partial charge in [0.25, 0.3) is 10.0 Å². The second kappa shape index (κ2) is 7.49. The molecule has 1 aliphatic heterocycles. The van der Waals surface area contributed by atoms with Gasteiger partial charge in [-0.15, -0.1) is 0 Å². The summed E-state index contributed by atoms with van der Waals surface area (Å²) < 4.78 is 46.0. The molecule has 29 heavy (non-hydrogen) atoms. The van der Waals surface area contributed by atoms with Gasteiger partial charge in [0.1, 0.15) is 23.2 Å². The molecule has 0 saturated carbocycles. The van der Waals surface area contributed by atoms with Crippen molar-refractivity contribution < 1.29 is 27.1 Å². The Morgan fingerprint density at radius 1 is 1.24 bits per heavy atom. The van der Waals surface area contributed by atoms with E-state index in [0.29, 0.717) is 23.8 Å². The van der Waals surface area contributed by atoms with Crippen LogP contribution < -0.4 is 5.32 Å². The second-order valence-corrected chi connectivity index (χ2v) is 8.73. The van der Waals surface area contributed by atoms with Crippen molar-refractivity contribution in [3.05, 3.63) is 59.9 Å². The average Bonchev–Trinajstić information content (AvgIpc) is 3.33. The number of hydrogen-bond acceptors (Lipinski definition) is 5. The van der Waals surface area contributed by atoms with Gasteiger partial charge in [-0.25, -0.2) is 12.8 Å². The molecular formula is C20H19FN2O5S. The van der Waals surface area contributed by atoms with Crippen LogP contribution in [0.1, 0.15) is 18.4 Å². The van der Waals surface area contributed by atoms with Crippen molar-refractivity contribution in [2.24, 2.45) is 0 Å². The second-order valence-electron chi connectivity index (χ2n) is 6.91. The van der Waals surface area contributed by atoms with Gasteiger partial charge in [0.05, 0.1) is 0 Å². The predicted molar refractivity (Wildman–Crippen MR) is 103 cm³/mol. The van der Waals surface area contributed by atoms with Gasteiger partial charge < -0.3 is 14.8 Å². The molecular weight excluding hydrogens is 399 g/mol. The molecule has 3 aromatic rings. The number of nitrogens with one attached hydrogen (secondary N) is 1. The standard InChI is InChI=1S/C20H19FN2O5S/c21-15-6-7-18-14(10-15)11-19(28-18)29(26,27)23-8-2-5-17(23)20(25)22-12-13-3-1-4-16(24)9-13/h1,3-4,6-7,9-11,17,24H,2,5,8,12H2,(H,22,25)/t17-/m0/s1. The number of aromatic hydroxyl groups is 1. The van der Waals surface area contributed by atoms with Gasteiger partial charge in [-0.05, 0) is 48.7 Å². The summed E-state index contributed by atoms with van der Waals surface area (Å²) in [5, 5.41) is 12.3. The lowest BCUT2D eigenvalue weighted by molar-refractivity contribution is -0.124. The molecule has 1 aromatic heterocycles. The van der Waals surface area contributed by atoms with Gasteiger partial charge in [-0.2, -0.15) is 4.31 Å². The summed E-state index contributed by atoms with van der Waals surface area (Å²) in [6.07, 6.45) is 0.929. The van der Waals surface area contributed by atoms with Gasteiger partial charge in [0.2, 0.25) is 11.0 Å². The van der Waals surface area contributed by atoms with Crippen LogP contribution in [0, 0.1) is 5.82 Å². The maximum atomic E-state index is 13.4. The molecule has 152 valence electrons. The number of carbonyl (C=O) groups is 1.